The Kier molecular flexibility index (Phi) is 12.6. The molecule has 6 rings (SSSR count). The van der Waals surface area contributed by atoms with E-state index in [1.165, 1.54) is 33.7 Å². The van der Waals surface area contributed by atoms with E-state index in [4.69, 9.17) is 0 Å². The van der Waals surface area contributed by atoms with Gasteiger partial charge in [-0.25, -0.2) is 0 Å². The molecule has 2 heterocycles. The third kappa shape index (κ3) is 7.61. The molecule has 0 bridgehead atoms. The summed E-state index contributed by atoms with van der Waals surface area (Å²) >= 11 is 0. The maximum Gasteiger partial charge on any atom is 0.0669 e. The minimum Gasteiger partial charge on any atom is -0.252 e. The summed E-state index contributed by atoms with van der Waals surface area (Å²) in [6.45, 7) is 12.0. The standard InChI is InChI=1S/2C14H11N.3C2H6/c2*1-2-6-11(7-3-1)14-10-12-8-4-5-9-13(12)15-14;3*1-2/h2*1-9H,10H2;3*1-2H3. The average Bonchev–Trinajstić information content (AvgIpc) is 3.62. The predicted molar refractivity (Wildman–Crippen MR) is 160 cm³/mol. The Morgan fingerprint density at radius 2 is 0.694 bits per heavy atom. The quantitative estimate of drug-likeness (QED) is 0.275. The fourth-order valence-corrected chi connectivity index (χ4v) is 3.86. The van der Waals surface area contributed by atoms with Crippen LogP contribution in [0.1, 0.15) is 63.8 Å². The van der Waals surface area contributed by atoms with E-state index in [1.807, 2.05) is 65.8 Å². The Morgan fingerprint density at radius 1 is 0.389 bits per heavy atom. The largest absolute Gasteiger partial charge is 0.252 e. The lowest BCUT2D eigenvalue weighted by atomic mass is 10.0. The summed E-state index contributed by atoms with van der Waals surface area (Å²) in [5.41, 5.74) is 9.72. The van der Waals surface area contributed by atoms with Gasteiger partial charge in [-0.05, 0) is 34.4 Å². The highest BCUT2D eigenvalue weighted by molar-refractivity contribution is 6.07. The molecular weight excluding hydrogens is 436 g/mol. The van der Waals surface area contributed by atoms with Gasteiger partial charge in [-0.3, -0.25) is 9.98 Å². The van der Waals surface area contributed by atoms with Crippen molar-refractivity contribution in [3.8, 4) is 0 Å². The molecule has 0 amide bonds. The molecule has 0 saturated heterocycles. The zero-order valence-corrected chi connectivity index (χ0v) is 22.7. The third-order valence-electron chi connectivity index (χ3n) is 5.42. The first-order valence-corrected chi connectivity index (χ1v) is 13.3. The van der Waals surface area contributed by atoms with Crippen molar-refractivity contribution in [2.45, 2.75) is 54.4 Å². The number of fused-ring (bicyclic) bond motifs is 2. The number of rotatable bonds is 2. The highest BCUT2D eigenvalue weighted by Crippen LogP contribution is 2.29. The zero-order valence-electron chi connectivity index (χ0n) is 22.7. The van der Waals surface area contributed by atoms with Gasteiger partial charge >= 0.3 is 0 Å². The van der Waals surface area contributed by atoms with Crippen LogP contribution in [0.2, 0.25) is 0 Å². The van der Waals surface area contributed by atoms with Gasteiger partial charge in [0, 0.05) is 12.8 Å². The molecule has 0 atom stereocenters. The van der Waals surface area contributed by atoms with Crippen molar-refractivity contribution < 1.29 is 0 Å². The van der Waals surface area contributed by atoms with Gasteiger partial charge in [-0.1, -0.05) is 139 Å². The average molecular weight is 477 g/mol. The Bertz CT molecular complexity index is 1120. The number of nitrogens with zero attached hydrogens (tertiary/aromatic N) is 2. The van der Waals surface area contributed by atoms with Crippen molar-refractivity contribution in [3.63, 3.8) is 0 Å². The molecule has 4 aromatic rings. The second-order valence-electron chi connectivity index (χ2n) is 7.46. The smallest absolute Gasteiger partial charge is 0.0669 e. The molecule has 36 heavy (non-hydrogen) atoms. The molecule has 0 aromatic heterocycles. The van der Waals surface area contributed by atoms with Crippen LogP contribution in [0.5, 0.6) is 0 Å². The summed E-state index contributed by atoms with van der Waals surface area (Å²) in [4.78, 5) is 9.28. The minimum atomic E-state index is 0.959. The number of hydrogen-bond acceptors (Lipinski definition) is 2. The highest BCUT2D eigenvalue weighted by Gasteiger charge is 2.15. The summed E-state index contributed by atoms with van der Waals surface area (Å²) in [5.74, 6) is 0. The van der Waals surface area contributed by atoms with Crippen molar-refractivity contribution in [1.82, 2.24) is 0 Å². The molecule has 2 aliphatic heterocycles. The topological polar surface area (TPSA) is 24.7 Å². The van der Waals surface area contributed by atoms with Gasteiger partial charge in [-0.2, -0.15) is 0 Å². The molecule has 0 saturated carbocycles. The first-order chi connectivity index (χ1) is 17.9. The van der Waals surface area contributed by atoms with Gasteiger partial charge in [0.1, 0.15) is 0 Å². The fraction of sp³-hybridized carbons (Fsp3) is 0.235. The van der Waals surface area contributed by atoms with Gasteiger partial charge in [0.05, 0.1) is 22.8 Å². The SMILES string of the molecule is CC.CC.CC.c1ccc(C2=Nc3ccccc3C2)cc1.c1ccc(C2=Nc3ccccc3C2)cc1. The van der Waals surface area contributed by atoms with Crippen LogP contribution in [0.3, 0.4) is 0 Å². The van der Waals surface area contributed by atoms with Crippen molar-refractivity contribution in [2.75, 3.05) is 0 Å². The molecule has 0 N–H and O–H groups in total. The molecule has 0 fully saturated rings. The predicted octanol–water partition coefficient (Wildman–Crippen LogP) is 9.81. The summed E-state index contributed by atoms with van der Waals surface area (Å²) in [6, 6.07) is 37.4. The molecule has 0 spiro atoms. The lowest BCUT2D eigenvalue weighted by Crippen LogP contribution is -1.99. The maximum atomic E-state index is 4.64. The van der Waals surface area contributed by atoms with Gasteiger partial charge < -0.3 is 0 Å². The monoisotopic (exact) mass is 476 g/mol. The molecule has 2 nitrogen and oxygen atoms in total. The molecule has 4 aromatic carbocycles. The van der Waals surface area contributed by atoms with Crippen LogP contribution in [0.25, 0.3) is 0 Å². The Balaban J connectivity index is 0.000000211. The molecule has 2 heteroatoms. The van der Waals surface area contributed by atoms with Crippen LogP contribution in [-0.4, -0.2) is 11.4 Å². The Labute approximate surface area is 218 Å². The molecular formula is C34H40N2. The van der Waals surface area contributed by atoms with E-state index in [2.05, 4.69) is 94.9 Å². The lowest BCUT2D eigenvalue weighted by molar-refractivity contribution is 1.39. The fourth-order valence-electron chi connectivity index (χ4n) is 3.86. The van der Waals surface area contributed by atoms with Crippen molar-refractivity contribution in [2.24, 2.45) is 9.98 Å². The first kappa shape index (κ1) is 28.5. The van der Waals surface area contributed by atoms with Crippen LogP contribution in [0.15, 0.2) is 119 Å². The molecule has 2 aliphatic rings. The van der Waals surface area contributed by atoms with Gasteiger partial charge in [0.2, 0.25) is 0 Å². The van der Waals surface area contributed by atoms with E-state index in [0.717, 1.165) is 24.2 Å². The number of para-hydroxylation sites is 2. The van der Waals surface area contributed by atoms with Gasteiger partial charge in [0.15, 0.2) is 0 Å². The van der Waals surface area contributed by atoms with Crippen LogP contribution >= 0.6 is 0 Å². The van der Waals surface area contributed by atoms with Crippen molar-refractivity contribution in [1.29, 1.82) is 0 Å². The van der Waals surface area contributed by atoms with E-state index in [0.29, 0.717) is 0 Å². The van der Waals surface area contributed by atoms with E-state index < -0.39 is 0 Å². The normalized spacial score (nSPS) is 11.7. The second-order valence-corrected chi connectivity index (χ2v) is 7.46. The third-order valence-corrected chi connectivity index (χ3v) is 5.42. The minimum absolute atomic E-state index is 0.959. The number of benzene rings is 4. The maximum absolute atomic E-state index is 4.64. The molecule has 0 radical (unpaired) electrons. The summed E-state index contributed by atoms with van der Waals surface area (Å²) < 4.78 is 0. The molecule has 186 valence electrons. The highest BCUT2D eigenvalue weighted by atomic mass is 14.8. The van der Waals surface area contributed by atoms with Crippen LogP contribution in [0.4, 0.5) is 11.4 Å². The summed E-state index contributed by atoms with van der Waals surface area (Å²) in [7, 11) is 0. The molecule has 0 unspecified atom stereocenters. The summed E-state index contributed by atoms with van der Waals surface area (Å²) in [6.07, 6.45) is 1.92. The van der Waals surface area contributed by atoms with Gasteiger partial charge in [0.25, 0.3) is 0 Å². The van der Waals surface area contributed by atoms with E-state index in [9.17, 15) is 0 Å². The zero-order chi connectivity index (χ0) is 26.2. The second kappa shape index (κ2) is 16.0. The molecule has 0 aliphatic carbocycles. The van der Waals surface area contributed by atoms with Crippen molar-refractivity contribution in [3.05, 3.63) is 131 Å². The van der Waals surface area contributed by atoms with E-state index in [1.54, 1.807) is 0 Å². The number of aliphatic imine (C=N–C) groups is 2. The van der Waals surface area contributed by atoms with Crippen LogP contribution in [0, 0.1) is 0 Å². The lowest BCUT2D eigenvalue weighted by Gasteiger charge is -1.98. The Hall–Kier alpha value is -3.78. The van der Waals surface area contributed by atoms with Crippen LogP contribution in [-0.2, 0) is 12.8 Å². The van der Waals surface area contributed by atoms with E-state index in [-0.39, 0.29) is 0 Å². The van der Waals surface area contributed by atoms with Gasteiger partial charge in [-0.15, -0.1) is 0 Å². The van der Waals surface area contributed by atoms with E-state index >= 15 is 0 Å². The summed E-state index contributed by atoms with van der Waals surface area (Å²) in [5, 5.41) is 0. The first-order valence-electron chi connectivity index (χ1n) is 13.3. The Morgan fingerprint density at radius 3 is 1.03 bits per heavy atom. The van der Waals surface area contributed by atoms with Crippen LogP contribution < -0.4 is 0 Å². The number of hydrogen-bond donors (Lipinski definition) is 0. The van der Waals surface area contributed by atoms with Crippen molar-refractivity contribution >= 4 is 22.8 Å².